The summed E-state index contributed by atoms with van der Waals surface area (Å²) in [5, 5.41) is 9.53. The number of rotatable bonds is 4. The molecular weight excluding hydrogens is 364 g/mol. The molecule has 0 aliphatic heterocycles. The van der Waals surface area contributed by atoms with E-state index in [1.165, 1.54) is 4.70 Å². The van der Waals surface area contributed by atoms with Crippen molar-refractivity contribution in [1.29, 1.82) is 0 Å². The molecule has 0 atom stereocenters. The van der Waals surface area contributed by atoms with Gasteiger partial charge in [0.1, 0.15) is 5.76 Å². The summed E-state index contributed by atoms with van der Waals surface area (Å²) in [4.78, 5) is 5.58. The van der Waals surface area contributed by atoms with Crippen molar-refractivity contribution < 1.29 is 4.42 Å². The number of nitrogens with zero attached hydrogens (tertiary/aromatic N) is 4. The lowest BCUT2D eigenvalue weighted by Crippen LogP contribution is -1.89. The van der Waals surface area contributed by atoms with E-state index in [0.29, 0.717) is 11.6 Å². The highest BCUT2D eigenvalue weighted by molar-refractivity contribution is 7.98. The predicted molar refractivity (Wildman–Crippen MR) is 105 cm³/mol. The van der Waals surface area contributed by atoms with E-state index in [4.69, 9.17) is 4.42 Å². The van der Waals surface area contributed by atoms with Gasteiger partial charge in [0.25, 0.3) is 0 Å². The van der Waals surface area contributed by atoms with Crippen LogP contribution in [0.3, 0.4) is 0 Å². The van der Waals surface area contributed by atoms with Crippen LogP contribution in [0, 0.1) is 6.92 Å². The normalized spacial score (nSPS) is 11.6. The Labute approximate surface area is 157 Å². The molecule has 3 heterocycles. The number of aromatic nitrogens is 4. The van der Waals surface area contributed by atoms with E-state index in [9.17, 15) is 0 Å². The maximum absolute atomic E-state index is 5.85. The van der Waals surface area contributed by atoms with Gasteiger partial charge >= 0.3 is 0 Å². The summed E-state index contributed by atoms with van der Waals surface area (Å²) in [6.07, 6.45) is 0. The second-order valence-electron chi connectivity index (χ2n) is 5.85. The Bertz CT molecular complexity index is 1210. The molecule has 5 nitrogen and oxygen atoms in total. The highest BCUT2D eigenvalue weighted by atomic mass is 32.2. The summed E-state index contributed by atoms with van der Waals surface area (Å²) in [5.74, 6) is 2.19. The molecule has 26 heavy (non-hydrogen) atoms. The molecule has 3 aromatic heterocycles. The van der Waals surface area contributed by atoms with E-state index in [2.05, 4.69) is 31.7 Å². The van der Waals surface area contributed by atoms with Gasteiger partial charge in [-0.05, 0) is 31.2 Å². The third-order valence-corrected chi connectivity index (χ3v) is 6.11. The third-order valence-electron chi connectivity index (χ3n) is 4.16. The largest absolute Gasteiger partial charge is 0.441 e. The number of hydrogen-bond donors (Lipinski definition) is 0. The molecule has 0 radical (unpaired) electrons. The molecule has 0 bridgehead atoms. The van der Waals surface area contributed by atoms with Crippen molar-refractivity contribution in [3.05, 3.63) is 66.1 Å². The minimum atomic E-state index is 0.658. The number of thioether (sulfide) groups is 1. The highest BCUT2D eigenvalue weighted by Crippen LogP contribution is 2.31. The average Bonchev–Trinajstić information content (AvgIpc) is 3.34. The topological polar surface area (TPSA) is 56.2 Å². The van der Waals surface area contributed by atoms with Crippen LogP contribution in [0.25, 0.3) is 26.6 Å². The summed E-state index contributed by atoms with van der Waals surface area (Å²) < 4.78 is 9.17. The van der Waals surface area contributed by atoms with Crippen LogP contribution < -0.4 is 0 Å². The van der Waals surface area contributed by atoms with Gasteiger partial charge in [0.05, 0.1) is 15.9 Å². The molecule has 0 saturated heterocycles. The van der Waals surface area contributed by atoms with Gasteiger partial charge in [0.2, 0.25) is 10.9 Å². The fourth-order valence-corrected chi connectivity index (χ4v) is 4.82. The number of thiazole rings is 1. The fraction of sp³-hybridized carbons (Fsp3) is 0.105. The molecule has 0 spiro atoms. The first-order chi connectivity index (χ1) is 12.8. The van der Waals surface area contributed by atoms with E-state index >= 15 is 0 Å². The smallest absolute Gasteiger partial charge is 0.226 e. The molecule has 0 fully saturated rings. The minimum absolute atomic E-state index is 0.658. The summed E-state index contributed by atoms with van der Waals surface area (Å²) in [5.41, 5.74) is 3.06. The summed E-state index contributed by atoms with van der Waals surface area (Å²) in [6.45, 7) is 1.95. The first-order valence-electron chi connectivity index (χ1n) is 8.17. The van der Waals surface area contributed by atoms with E-state index in [1.807, 2.05) is 49.4 Å². The van der Waals surface area contributed by atoms with Gasteiger partial charge in [0, 0.05) is 11.3 Å². The van der Waals surface area contributed by atoms with Crippen molar-refractivity contribution in [2.45, 2.75) is 17.8 Å². The number of oxazole rings is 1. The van der Waals surface area contributed by atoms with E-state index in [-0.39, 0.29) is 0 Å². The van der Waals surface area contributed by atoms with Crippen LogP contribution in [-0.4, -0.2) is 19.6 Å². The number of hydrogen-bond acceptors (Lipinski definition) is 6. The molecule has 0 saturated carbocycles. The number of fused-ring (bicyclic) bond motifs is 3. The molecule has 5 rings (SSSR count). The minimum Gasteiger partial charge on any atom is -0.441 e. The lowest BCUT2D eigenvalue weighted by molar-refractivity contribution is 0.540. The maximum Gasteiger partial charge on any atom is 0.226 e. The van der Waals surface area contributed by atoms with Crippen molar-refractivity contribution in [3.8, 4) is 11.5 Å². The highest BCUT2D eigenvalue weighted by Gasteiger charge is 2.16. The van der Waals surface area contributed by atoms with Gasteiger partial charge in [-0.2, -0.15) is 0 Å². The van der Waals surface area contributed by atoms with E-state index in [1.54, 1.807) is 23.1 Å². The van der Waals surface area contributed by atoms with Crippen molar-refractivity contribution in [2.24, 2.45) is 0 Å². The van der Waals surface area contributed by atoms with Crippen LogP contribution >= 0.6 is 23.1 Å². The molecule has 0 aliphatic carbocycles. The Morgan fingerprint density at radius 3 is 2.73 bits per heavy atom. The zero-order valence-electron chi connectivity index (χ0n) is 13.9. The first-order valence-corrected chi connectivity index (χ1v) is 9.97. The summed E-state index contributed by atoms with van der Waals surface area (Å²) >= 11 is 3.28. The van der Waals surface area contributed by atoms with Crippen LogP contribution in [0.2, 0.25) is 0 Å². The molecule has 0 unspecified atom stereocenters. The fourth-order valence-electron chi connectivity index (χ4n) is 2.85. The monoisotopic (exact) mass is 378 g/mol. The van der Waals surface area contributed by atoms with Crippen LogP contribution in [0.4, 0.5) is 0 Å². The predicted octanol–water partition coefficient (Wildman–Crippen LogP) is 5.20. The third kappa shape index (κ3) is 2.60. The maximum atomic E-state index is 5.85. The van der Waals surface area contributed by atoms with Crippen molar-refractivity contribution in [1.82, 2.24) is 19.6 Å². The lowest BCUT2D eigenvalue weighted by Gasteiger charge is -1.98. The summed E-state index contributed by atoms with van der Waals surface area (Å²) in [6, 6.07) is 18.2. The van der Waals surface area contributed by atoms with Gasteiger partial charge in [-0.25, -0.2) is 4.98 Å². The molecule has 0 amide bonds. The SMILES string of the molecule is Cc1oc(-c2ccccc2)nc1CSc1nnc2sc3ccccc3n12. The standard InChI is InChI=1S/C19H14N4OS2/c1-12-14(20-17(24-12)13-7-3-2-4-8-13)11-25-18-21-22-19-23(18)15-9-5-6-10-16(15)26-19/h2-10H,11H2,1H3. The number of para-hydroxylation sites is 1. The number of benzene rings is 2. The van der Waals surface area contributed by atoms with Crippen molar-refractivity contribution >= 4 is 38.3 Å². The van der Waals surface area contributed by atoms with Crippen LogP contribution in [0.15, 0.2) is 64.2 Å². The van der Waals surface area contributed by atoms with Gasteiger partial charge in [0.15, 0.2) is 5.16 Å². The summed E-state index contributed by atoms with van der Waals surface area (Å²) in [7, 11) is 0. The van der Waals surface area contributed by atoms with Crippen molar-refractivity contribution in [2.75, 3.05) is 0 Å². The molecule has 2 aromatic carbocycles. The molecule has 128 valence electrons. The van der Waals surface area contributed by atoms with Gasteiger partial charge in [-0.1, -0.05) is 53.4 Å². The Balaban J connectivity index is 1.45. The molecule has 0 N–H and O–H groups in total. The zero-order valence-corrected chi connectivity index (χ0v) is 15.5. The van der Waals surface area contributed by atoms with Crippen LogP contribution in [-0.2, 0) is 5.75 Å². The first kappa shape index (κ1) is 15.6. The second-order valence-corrected chi connectivity index (χ2v) is 7.80. The Kier molecular flexibility index (Phi) is 3.76. The zero-order chi connectivity index (χ0) is 17.5. The molecule has 5 aromatic rings. The van der Waals surface area contributed by atoms with Gasteiger partial charge in [-0.15, -0.1) is 10.2 Å². The molecular formula is C19H14N4OS2. The quantitative estimate of drug-likeness (QED) is 0.402. The Hall–Kier alpha value is -2.64. The van der Waals surface area contributed by atoms with E-state index in [0.717, 1.165) is 32.7 Å². The Morgan fingerprint density at radius 1 is 1.04 bits per heavy atom. The van der Waals surface area contributed by atoms with Gasteiger partial charge in [-0.3, -0.25) is 4.40 Å². The van der Waals surface area contributed by atoms with Crippen molar-refractivity contribution in [3.63, 3.8) is 0 Å². The van der Waals surface area contributed by atoms with E-state index < -0.39 is 0 Å². The number of aryl methyl sites for hydroxylation is 1. The Morgan fingerprint density at radius 2 is 1.85 bits per heavy atom. The molecule has 0 aliphatic rings. The van der Waals surface area contributed by atoms with Gasteiger partial charge < -0.3 is 4.42 Å². The lowest BCUT2D eigenvalue weighted by atomic mass is 10.2. The second kappa shape index (κ2) is 6.26. The average molecular weight is 378 g/mol. The van der Waals surface area contributed by atoms with Crippen LogP contribution in [0.1, 0.15) is 11.5 Å². The van der Waals surface area contributed by atoms with Crippen LogP contribution in [0.5, 0.6) is 0 Å². The molecule has 7 heteroatoms.